The van der Waals surface area contributed by atoms with Crippen molar-refractivity contribution in [2.45, 2.75) is 45.3 Å². The maximum atomic E-state index is 11.9. The molecule has 0 spiro atoms. The highest BCUT2D eigenvalue weighted by Gasteiger charge is 2.34. The van der Waals surface area contributed by atoms with E-state index in [0.29, 0.717) is 0 Å². The van der Waals surface area contributed by atoms with Crippen molar-refractivity contribution >= 4 is 5.91 Å². The molecule has 0 aliphatic carbocycles. The smallest absolute Gasteiger partial charge is 0.354 e. The minimum atomic E-state index is -4.43. The van der Waals surface area contributed by atoms with E-state index in [0.717, 1.165) is 19.4 Å². The second-order valence-electron chi connectivity index (χ2n) is 5.19. The number of halogens is 3. The van der Waals surface area contributed by atoms with Gasteiger partial charge in [-0.3, -0.25) is 4.79 Å². The van der Waals surface area contributed by atoms with Gasteiger partial charge in [0.05, 0.1) is 0 Å². The Bertz CT molecular complexity index is 276. The molecule has 0 aromatic rings. The van der Waals surface area contributed by atoms with E-state index in [2.05, 4.69) is 24.5 Å². The first-order valence-corrected chi connectivity index (χ1v) is 5.77. The van der Waals surface area contributed by atoms with E-state index in [1.165, 1.54) is 0 Å². The van der Waals surface area contributed by atoms with Gasteiger partial charge in [0.2, 0.25) is 5.91 Å². The third-order valence-corrected chi connectivity index (χ3v) is 3.20. The first-order chi connectivity index (χ1) is 7.71. The summed E-state index contributed by atoms with van der Waals surface area (Å²) in [7, 11) is 0. The zero-order valence-electron chi connectivity index (χ0n) is 10.2. The summed E-state index contributed by atoms with van der Waals surface area (Å²) in [4.78, 5) is 11.1. The fraction of sp³-hybridized carbons (Fsp3) is 0.909. The highest BCUT2D eigenvalue weighted by Crippen LogP contribution is 2.29. The molecular weight excluding hydrogens is 233 g/mol. The first-order valence-electron chi connectivity index (χ1n) is 5.77. The summed E-state index contributed by atoms with van der Waals surface area (Å²) in [5.74, 6) is -0.958. The van der Waals surface area contributed by atoms with Crippen molar-refractivity contribution in [3.05, 3.63) is 0 Å². The van der Waals surface area contributed by atoms with Crippen LogP contribution in [0.3, 0.4) is 0 Å². The van der Waals surface area contributed by atoms with Crippen LogP contribution in [0.4, 0.5) is 13.2 Å². The molecule has 1 amide bonds. The molecule has 0 saturated carbocycles. The summed E-state index contributed by atoms with van der Waals surface area (Å²) >= 11 is 0. The van der Waals surface area contributed by atoms with Crippen LogP contribution in [0.2, 0.25) is 0 Å². The summed E-state index contributed by atoms with van der Waals surface area (Å²) in [5, 5.41) is 5.57. The Hall–Kier alpha value is -0.780. The van der Waals surface area contributed by atoms with Crippen LogP contribution < -0.4 is 10.6 Å². The third kappa shape index (κ3) is 4.93. The van der Waals surface area contributed by atoms with Crippen LogP contribution in [0.15, 0.2) is 0 Å². The third-order valence-electron chi connectivity index (χ3n) is 3.20. The number of carbonyl (C=O) groups is 1. The summed E-state index contributed by atoms with van der Waals surface area (Å²) in [6.07, 6.45) is -3.76. The number of nitrogens with one attached hydrogen (secondary N) is 2. The van der Waals surface area contributed by atoms with E-state index >= 15 is 0 Å². The zero-order chi connectivity index (χ0) is 13.1. The second-order valence-corrected chi connectivity index (χ2v) is 5.19. The van der Waals surface area contributed by atoms with E-state index < -0.39 is 18.5 Å². The van der Waals surface area contributed by atoms with Gasteiger partial charge < -0.3 is 10.6 Å². The number of hydrogen-bond donors (Lipinski definition) is 2. The van der Waals surface area contributed by atoms with Gasteiger partial charge >= 0.3 is 6.18 Å². The Morgan fingerprint density at radius 3 is 2.65 bits per heavy atom. The van der Waals surface area contributed by atoms with Crippen LogP contribution >= 0.6 is 0 Å². The number of piperidine rings is 1. The Kier molecular flexibility index (Phi) is 4.41. The van der Waals surface area contributed by atoms with E-state index in [1.54, 1.807) is 0 Å². The number of amides is 1. The molecule has 0 aromatic carbocycles. The molecule has 1 heterocycles. The lowest BCUT2D eigenvalue weighted by atomic mass is 9.77. The predicted molar refractivity (Wildman–Crippen MR) is 58.5 cm³/mol. The molecule has 2 N–H and O–H groups in total. The summed E-state index contributed by atoms with van der Waals surface area (Å²) < 4.78 is 35.8. The molecule has 17 heavy (non-hydrogen) atoms. The topological polar surface area (TPSA) is 41.1 Å². The van der Waals surface area contributed by atoms with Gasteiger partial charge in [-0.1, -0.05) is 13.8 Å². The maximum Gasteiger partial charge on any atom is 0.397 e. The van der Waals surface area contributed by atoms with Crippen LogP contribution in [0, 0.1) is 5.41 Å². The fourth-order valence-electron chi connectivity index (χ4n) is 2.08. The van der Waals surface area contributed by atoms with Crippen molar-refractivity contribution in [2.75, 3.05) is 13.1 Å². The van der Waals surface area contributed by atoms with E-state index in [1.807, 2.05) is 0 Å². The zero-order valence-corrected chi connectivity index (χ0v) is 10.2. The van der Waals surface area contributed by atoms with Gasteiger partial charge in [-0.2, -0.15) is 13.2 Å². The standard InChI is InChI=1S/C11H19F3N2O/c1-10(2)4-3-5-15-8(10)7-16-9(17)6-11(12,13)14/h8,15H,3-7H2,1-2H3,(H,16,17). The molecule has 3 nitrogen and oxygen atoms in total. The lowest BCUT2D eigenvalue weighted by molar-refractivity contribution is -0.153. The number of carbonyl (C=O) groups excluding carboxylic acids is 1. The van der Waals surface area contributed by atoms with Gasteiger partial charge in [0, 0.05) is 12.6 Å². The van der Waals surface area contributed by atoms with E-state index in [4.69, 9.17) is 0 Å². The van der Waals surface area contributed by atoms with Crippen molar-refractivity contribution in [3.63, 3.8) is 0 Å². The maximum absolute atomic E-state index is 11.9. The predicted octanol–water partition coefficient (Wildman–Crippen LogP) is 1.83. The molecule has 0 bridgehead atoms. The quantitative estimate of drug-likeness (QED) is 0.804. The Morgan fingerprint density at radius 1 is 1.47 bits per heavy atom. The molecule has 1 aliphatic heterocycles. The second kappa shape index (κ2) is 5.25. The molecule has 0 aromatic heterocycles. The molecule has 1 unspecified atom stereocenters. The van der Waals surface area contributed by atoms with Crippen LogP contribution in [-0.4, -0.2) is 31.2 Å². The van der Waals surface area contributed by atoms with Gasteiger partial charge in [0.15, 0.2) is 0 Å². The van der Waals surface area contributed by atoms with Crippen molar-refractivity contribution in [1.82, 2.24) is 10.6 Å². The van der Waals surface area contributed by atoms with Crippen molar-refractivity contribution in [3.8, 4) is 0 Å². The minimum absolute atomic E-state index is 0.00373. The molecule has 1 atom stereocenters. The van der Waals surface area contributed by atoms with Crippen molar-refractivity contribution in [2.24, 2.45) is 5.41 Å². The number of rotatable bonds is 3. The van der Waals surface area contributed by atoms with Gasteiger partial charge in [-0.15, -0.1) is 0 Å². The number of alkyl halides is 3. The van der Waals surface area contributed by atoms with Crippen LogP contribution in [-0.2, 0) is 4.79 Å². The Balaban J connectivity index is 2.37. The number of hydrogen-bond acceptors (Lipinski definition) is 2. The van der Waals surface area contributed by atoms with E-state index in [-0.39, 0.29) is 18.0 Å². The van der Waals surface area contributed by atoms with Crippen LogP contribution in [0.25, 0.3) is 0 Å². The van der Waals surface area contributed by atoms with Gasteiger partial charge in [0.25, 0.3) is 0 Å². The highest BCUT2D eigenvalue weighted by atomic mass is 19.4. The summed E-state index contributed by atoms with van der Waals surface area (Å²) in [5.41, 5.74) is 0.00373. The van der Waals surface area contributed by atoms with E-state index in [9.17, 15) is 18.0 Å². The average molecular weight is 252 g/mol. The van der Waals surface area contributed by atoms with Crippen molar-refractivity contribution < 1.29 is 18.0 Å². The summed E-state index contributed by atoms with van der Waals surface area (Å²) in [6, 6.07) is 0.0356. The molecule has 1 rings (SSSR count). The first kappa shape index (κ1) is 14.3. The van der Waals surface area contributed by atoms with Gasteiger partial charge in [-0.05, 0) is 24.8 Å². The molecule has 6 heteroatoms. The summed E-state index contributed by atoms with van der Waals surface area (Å²) in [6.45, 7) is 5.21. The van der Waals surface area contributed by atoms with Crippen molar-refractivity contribution in [1.29, 1.82) is 0 Å². The highest BCUT2D eigenvalue weighted by molar-refractivity contribution is 5.76. The fourth-order valence-corrected chi connectivity index (χ4v) is 2.08. The van der Waals surface area contributed by atoms with Crippen LogP contribution in [0.5, 0.6) is 0 Å². The van der Waals surface area contributed by atoms with Gasteiger partial charge in [0.1, 0.15) is 6.42 Å². The van der Waals surface area contributed by atoms with Gasteiger partial charge in [-0.25, -0.2) is 0 Å². The molecule has 100 valence electrons. The normalized spacial score (nSPS) is 24.4. The molecule has 1 saturated heterocycles. The lowest BCUT2D eigenvalue weighted by Gasteiger charge is -2.39. The minimum Gasteiger partial charge on any atom is -0.354 e. The van der Waals surface area contributed by atoms with Crippen LogP contribution in [0.1, 0.15) is 33.1 Å². The lowest BCUT2D eigenvalue weighted by Crippen LogP contribution is -2.53. The largest absolute Gasteiger partial charge is 0.397 e. The molecule has 0 radical (unpaired) electrons. The molecular formula is C11H19F3N2O. The Labute approximate surface area is 99.1 Å². The molecule has 1 aliphatic rings. The SMILES string of the molecule is CC1(C)CCCNC1CNC(=O)CC(F)(F)F. The molecule has 1 fully saturated rings. The monoisotopic (exact) mass is 252 g/mol. The average Bonchev–Trinajstić information content (AvgIpc) is 2.12. The Morgan fingerprint density at radius 2 is 2.12 bits per heavy atom.